The number of rotatable bonds is 8. The van der Waals surface area contributed by atoms with Crippen LogP contribution >= 0.6 is 11.8 Å². The predicted molar refractivity (Wildman–Crippen MR) is 135 cm³/mol. The first-order valence-corrected chi connectivity index (χ1v) is 12.8. The van der Waals surface area contributed by atoms with E-state index in [9.17, 15) is 9.59 Å². The number of aromatic nitrogens is 2. The van der Waals surface area contributed by atoms with Crippen molar-refractivity contribution in [3.63, 3.8) is 0 Å². The Hall–Kier alpha value is -2.74. The van der Waals surface area contributed by atoms with E-state index in [0.29, 0.717) is 46.5 Å². The van der Waals surface area contributed by atoms with Crippen molar-refractivity contribution in [2.75, 3.05) is 25.3 Å². The van der Waals surface area contributed by atoms with Crippen LogP contribution < -0.4 is 20.3 Å². The average molecular weight is 484 g/mol. The van der Waals surface area contributed by atoms with E-state index in [2.05, 4.69) is 31.1 Å². The van der Waals surface area contributed by atoms with E-state index < -0.39 is 5.92 Å². The van der Waals surface area contributed by atoms with Crippen LogP contribution in [0.15, 0.2) is 39.4 Å². The first kappa shape index (κ1) is 24.4. The molecular weight excluding hydrogens is 450 g/mol. The van der Waals surface area contributed by atoms with Crippen molar-refractivity contribution >= 4 is 23.4 Å². The van der Waals surface area contributed by atoms with E-state index >= 15 is 0 Å². The van der Waals surface area contributed by atoms with Crippen molar-refractivity contribution in [2.24, 2.45) is 5.41 Å². The lowest BCUT2D eigenvalue weighted by Gasteiger charge is -2.38. The summed E-state index contributed by atoms with van der Waals surface area (Å²) in [5.41, 5.74) is 2.39. The van der Waals surface area contributed by atoms with Gasteiger partial charge in [-0.05, 0) is 36.0 Å². The zero-order chi connectivity index (χ0) is 24.5. The van der Waals surface area contributed by atoms with Crippen molar-refractivity contribution in [3.05, 3.63) is 50.9 Å². The molecule has 2 N–H and O–H groups in total. The Labute approximate surface area is 204 Å². The minimum Gasteiger partial charge on any atom is -0.493 e. The minimum atomic E-state index is -0.523. The van der Waals surface area contributed by atoms with Crippen LogP contribution in [0, 0.1) is 5.41 Å². The van der Waals surface area contributed by atoms with Crippen molar-refractivity contribution in [3.8, 4) is 11.5 Å². The van der Waals surface area contributed by atoms with E-state index in [1.807, 2.05) is 18.2 Å². The van der Waals surface area contributed by atoms with Gasteiger partial charge in [-0.15, -0.1) is 0 Å². The normalized spacial score (nSPS) is 18.7. The molecule has 0 bridgehead atoms. The van der Waals surface area contributed by atoms with Crippen molar-refractivity contribution in [1.82, 2.24) is 9.97 Å². The van der Waals surface area contributed by atoms with Gasteiger partial charge in [-0.25, -0.2) is 4.98 Å². The maximum atomic E-state index is 13.4. The maximum absolute atomic E-state index is 13.4. The molecule has 1 unspecified atom stereocenters. The number of H-pyrrole nitrogens is 1. The average Bonchev–Trinajstić information content (AvgIpc) is 2.79. The Morgan fingerprint density at radius 1 is 1.12 bits per heavy atom. The predicted octanol–water partition coefficient (Wildman–Crippen LogP) is 5.27. The second-order valence-corrected chi connectivity index (χ2v) is 10.8. The van der Waals surface area contributed by atoms with Crippen LogP contribution in [-0.2, 0) is 4.79 Å². The molecule has 0 amide bonds. The summed E-state index contributed by atoms with van der Waals surface area (Å²) >= 11 is 1.56. The van der Waals surface area contributed by atoms with Gasteiger partial charge in [0.05, 0.1) is 19.8 Å². The Morgan fingerprint density at radius 2 is 1.88 bits per heavy atom. The first-order chi connectivity index (χ1) is 16.3. The molecule has 1 aromatic carbocycles. The third-order valence-corrected chi connectivity index (χ3v) is 7.39. The SMILES string of the molecule is CCCCCSc1nc2c(c(=O)[nH]1)C(c1ccc(OC)c(OC)c1)C1=C(CC(C)(C)CC1=O)N2. The summed E-state index contributed by atoms with van der Waals surface area (Å²) in [7, 11) is 3.16. The number of nitrogens with zero attached hydrogens (tertiary/aromatic N) is 1. The molecule has 2 aliphatic rings. The van der Waals surface area contributed by atoms with Gasteiger partial charge in [0.25, 0.3) is 5.56 Å². The molecule has 1 aliphatic heterocycles. The van der Waals surface area contributed by atoms with Crippen molar-refractivity contribution in [1.29, 1.82) is 0 Å². The molecule has 0 radical (unpaired) electrons. The zero-order valence-corrected chi connectivity index (χ0v) is 21.4. The van der Waals surface area contributed by atoms with Gasteiger partial charge in [0.2, 0.25) is 0 Å². The lowest BCUT2D eigenvalue weighted by molar-refractivity contribution is -0.118. The molecule has 7 nitrogen and oxygen atoms in total. The molecule has 1 atom stereocenters. The number of hydrogen-bond donors (Lipinski definition) is 2. The zero-order valence-electron chi connectivity index (χ0n) is 20.5. The summed E-state index contributed by atoms with van der Waals surface area (Å²) in [5.74, 6) is 2.11. The Balaban J connectivity index is 1.84. The lowest BCUT2D eigenvalue weighted by atomic mass is 9.69. The molecule has 0 saturated heterocycles. The molecule has 1 aliphatic carbocycles. The van der Waals surface area contributed by atoms with E-state index in [4.69, 9.17) is 14.5 Å². The molecule has 0 saturated carbocycles. The highest BCUT2D eigenvalue weighted by Crippen LogP contribution is 2.48. The number of thioether (sulfide) groups is 1. The van der Waals surface area contributed by atoms with Gasteiger partial charge < -0.3 is 19.8 Å². The second-order valence-electron chi connectivity index (χ2n) is 9.69. The molecule has 34 heavy (non-hydrogen) atoms. The van der Waals surface area contributed by atoms with Crippen LogP contribution in [0.5, 0.6) is 11.5 Å². The standard InChI is InChI=1S/C26H33N3O4S/c1-6-7-8-11-34-25-28-23-22(24(31)29-25)20(15-9-10-18(32-4)19(12-15)33-5)21-16(27-23)13-26(2,3)14-17(21)30/h9-10,12,20H,6-8,11,13-14H2,1-5H3,(H2,27,28,29,31). The number of Topliss-reactive ketones (excluding diaryl/α,β-unsaturated/α-hetero) is 1. The number of carbonyl (C=O) groups is 1. The number of hydrogen-bond acceptors (Lipinski definition) is 7. The van der Waals surface area contributed by atoms with Crippen LogP contribution in [-0.4, -0.2) is 35.7 Å². The summed E-state index contributed by atoms with van der Waals surface area (Å²) in [6.45, 7) is 6.36. The molecule has 2 heterocycles. The molecular formula is C26H33N3O4S. The van der Waals surface area contributed by atoms with Crippen molar-refractivity contribution in [2.45, 2.75) is 63.9 Å². The third-order valence-electron chi connectivity index (χ3n) is 6.43. The van der Waals surface area contributed by atoms with E-state index in [1.165, 1.54) is 0 Å². The Kier molecular flexibility index (Phi) is 7.07. The fraction of sp³-hybridized carbons (Fsp3) is 0.500. The second kappa shape index (κ2) is 9.86. The van der Waals surface area contributed by atoms with Crippen LogP contribution in [0.1, 0.15) is 69.9 Å². The molecule has 1 aromatic heterocycles. The highest BCUT2D eigenvalue weighted by Gasteiger charge is 2.42. The van der Waals surface area contributed by atoms with E-state index in [-0.39, 0.29) is 16.8 Å². The number of aromatic amines is 1. The summed E-state index contributed by atoms with van der Waals surface area (Å²) in [6.07, 6.45) is 4.51. The van der Waals surface area contributed by atoms with E-state index in [1.54, 1.807) is 26.0 Å². The number of allylic oxidation sites excluding steroid dienone is 2. The largest absolute Gasteiger partial charge is 0.493 e. The van der Waals surface area contributed by atoms with Gasteiger partial charge in [-0.1, -0.05) is 51.4 Å². The fourth-order valence-corrected chi connectivity index (χ4v) is 5.71. The van der Waals surface area contributed by atoms with Crippen LogP contribution in [0.3, 0.4) is 0 Å². The number of carbonyl (C=O) groups excluding carboxylic acids is 1. The van der Waals surface area contributed by atoms with Gasteiger partial charge in [0.1, 0.15) is 5.82 Å². The molecule has 2 aromatic rings. The summed E-state index contributed by atoms with van der Waals surface area (Å²) < 4.78 is 10.9. The van der Waals surface area contributed by atoms with Crippen molar-refractivity contribution < 1.29 is 14.3 Å². The number of anilines is 1. The topological polar surface area (TPSA) is 93.3 Å². The molecule has 182 valence electrons. The Bertz CT molecular complexity index is 1190. The van der Waals surface area contributed by atoms with Gasteiger partial charge in [0.15, 0.2) is 22.4 Å². The summed E-state index contributed by atoms with van der Waals surface area (Å²) in [6, 6.07) is 5.56. The van der Waals surface area contributed by atoms with Crippen LogP contribution in [0.4, 0.5) is 5.82 Å². The minimum absolute atomic E-state index is 0.0570. The maximum Gasteiger partial charge on any atom is 0.257 e. The highest BCUT2D eigenvalue weighted by molar-refractivity contribution is 7.99. The third kappa shape index (κ3) is 4.73. The number of ether oxygens (including phenoxy) is 2. The summed E-state index contributed by atoms with van der Waals surface area (Å²) in [5, 5.41) is 3.98. The number of fused-ring (bicyclic) bond motifs is 1. The van der Waals surface area contributed by atoms with Crippen LogP contribution in [0.2, 0.25) is 0 Å². The highest BCUT2D eigenvalue weighted by atomic mass is 32.2. The number of benzene rings is 1. The van der Waals surface area contributed by atoms with Crippen LogP contribution in [0.25, 0.3) is 0 Å². The molecule has 0 spiro atoms. The number of unbranched alkanes of at least 4 members (excludes halogenated alkanes) is 2. The number of ketones is 1. The van der Waals surface area contributed by atoms with Gasteiger partial charge in [0, 0.05) is 29.4 Å². The molecule has 8 heteroatoms. The lowest BCUT2D eigenvalue weighted by Crippen LogP contribution is -2.37. The quantitative estimate of drug-likeness (QED) is 0.300. The van der Waals surface area contributed by atoms with Gasteiger partial charge in [-0.3, -0.25) is 9.59 Å². The summed E-state index contributed by atoms with van der Waals surface area (Å²) in [4.78, 5) is 34.5. The Morgan fingerprint density at radius 3 is 2.59 bits per heavy atom. The monoisotopic (exact) mass is 483 g/mol. The smallest absolute Gasteiger partial charge is 0.257 e. The number of methoxy groups -OCH3 is 2. The fourth-order valence-electron chi connectivity index (χ4n) is 4.85. The first-order valence-electron chi connectivity index (χ1n) is 11.8. The van der Waals surface area contributed by atoms with E-state index in [0.717, 1.165) is 36.3 Å². The van der Waals surface area contributed by atoms with Gasteiger partial charge >= 0.3 is 0 Å². The van der Waals surface area contributed by atoms with Gasteiger partial charge in [-0.2, -0.15) is 0 Å². The number of nitrogens with one attached hydrogen (secondary N) is 2. The molecule has 0 fully saturated rings. The molecule has 4 rings (SSSR count).